The van der Waals surface area contributed by atoms with Crippen LogP contribution in [-0.2, 0) is 0 Å². The van der Waals surface area contributed by atoms with Gasteiger partial charge in [-0.2, -0.15) is 0 Å². The van der Waals surface area contributed by atoms with Crippen molar-refractivity contribution < 1.29 is 9.90 Å². The second-order valence-corrected chi connectivity index (χ2v) is 2.70. The van der Waals surface area contributed by atoms with E-state index in [0.717, 1.165) is 19.3 Å². The lowest BCUT2D eigenvalue weighted by atomic mass is 9.92. The molecule has 1 fully saturated rings. The molecule has 0 saturated heterocycles. The first-order chi connectivity index (χ1) is 4.75. The molecule has 0 bridgehead atoms. The molecule has 0 aromatic carbocycles. The number of nitrogens with zero attached hydrogens (tertiary/aromatic N) is 1. The number of rotatable bonds is 2. The van der Waals surface area contributed by atoms with Gasteiger partial charge < -0.3 is 5.11 Å². The smallest absolute Gasteiger partial charge is 0.408 e. The number of amides is 1. The van der Waals surface area contributed by atoms with Crippen LogP contribution in [0.4, 0.5) is 4.79 Å². The fourth-order valence-electron chi connectivity index (χ4n) is 1.00. The van der Waals surface area contributed by atoms with Crippen molar-refractivity contribution >= 4 is 17.7 Å². The van der Waals surface area contributed by atoms with Gasteiger partial charge in [0.05, 0.1) is 6.00 Å². The SMILES string of the molecule is O=C(O)N(CCl)C1CCC1. The average Bonchev–Trinajstić information content (AvgIpc) is 1.76. The number of carbonyl (C=O) groups is 1. The zero-order chi connectivity index (χ0) is 7.56. The fraction of sp³-hybridized carbons (Fsp3) is 0.833. The summed E-state index contributed by atoms with van der Waals surface area (Å²) in [5, 5.41) is 8.55. The summed E-state index contributed by atoms with van der Waals surface area (Å²) >= 11 is 5.42. The first-order valence-corrected chi connectivity index (χ1v) is 3.84. The molecule has 1 amide bonds. The molecule has 0 atom stereocenters. The van der Waals surface area contributed by atoms with E-state index >= 15 is 0 Å². The molecule has 0 aromatic rings. The van der Waals surface area contributed by atoms with E-state index in [4.69, 9.17) is 16.7 Å². The van der Waals surface area contributed by atoms with E-state index in [1.54, 1.807) is 0 Å². The molecule has 1 aliphatic rings. The number of carboxylic acid groups (broad SMARTS) is 1. The largest absolute Gasteiger partial charge is 0.465 e. The van der Waals surface area contributed by atoms with Gasteiger partial charge in [0.15, 0.2) is 0 Å². The van der Waals surface area contributed by atoms with Crippen molar-refractivity contribution in [3.05, 3.63) is 0 Å². The van der Waals surface area contributed by atoms with E-state index in [-0.39, 0.29) is 12.0 Å². The van der Waals surface area contributed by atoms with Crippen molar-refractivity contribution in [3.8, 4) is 0 Å². The summed E-state index contributed by atoms with van der Waals surface area (Å²) in [4.78, 5) is 11.7. The van der Waals surface area contributed by atoms with Crippen LogP contribution in [0.5, 0.6) is 0 Å². The molecule has 0 heterocycles. The van der Waals surface area contributed by atoms with Crippen LogP contribution in [0.25, 0.3) is 0 Å². The quantitative estimate of drug-likeness (QED) is 0.498. The molecule has 58 valence electrons. The lowest BCUT2D eigenvalue weighted by molar-refractivity contribution is 0.109. The molecule has 1 aliphatic carbocycles. The Balaban J connectivity index is 2.39. The highest BCUT2D eigenvalue weighted by Gasteiger charge is 2.27. The van der Waals surface area contributed by atoms with Crippen LogP contribution < -0.4 is 0 Å². The third-order valence-corrected chi connectivity index (χ3v) is 2.15. The summed E-state index contributed by atoms with van der Waals surface area (Å²) in [5.41, 5.74) is 0. The summed E-state index contributed by atoms with van der Waals surface area (Å²) in [7, 11) is 0. The second-order valence-electron chi connectivity index (χ2n) is 2.46. The van der Waals surface area contributed by atoms with Crippen LogP contribution >= 0.6 is 11.6 Å². The molecule has 0 aromatic heterocycles. The van der Waals surface area contributed by atoms with Crippen LogP contribution in [0.1, 0.15) is 19.3 Å². The lowest BCUT2D eigenvalue weighted by Crippen LogP contribution is -2.42. The summed E-state index contributed by atoms with van der Waals surface area (Å²) in [5.74, 6) is 0. The van der Waals surface area contributed by atoms with Gasteiger partial charge in [0.1, 0.15) is 0 Å². The highest BCUT2D eigenvalue weighted by atomic mass is 35.5. The van der Waals surface area contributed by atoms with Crippen molar-refractivity contribution in [2.75, 3.05) is 6.00 Å². The predicted molar refractivity (Wildman–Crippen MR) is 38.2 cm³/mol. The maximum Gasteiger partial charge on any atom is 0.408 e. The molecule has 1 saturated carbocycles. The average molecular weight is 164 g/mol. The van der Waals surface area contributed by atoms with E-state index in [2.05, 4.69) is 0 Å². The number of hydrogen-bond acceptors (Lipinski definition) is 1. The Morgan fingerprint density at radius 2 is 2.30 bits per heavy atom. The minimum Gasteiger partial charge on any atom is -0.465 e. The highest BCUT2D eigenvalue weighted by Crippen LogP contribution is 2.24. The predicted octanol–water partition coefficient (Wildman–Crippen LogP) is 1.72. The van der Waals surface area contributed by atoms with Gasteiger partial charge in [-0.1, -0.05) is 0 Å². The van der Waals surface area contributed by atoms with E-state index in [1.165, 1.54) is 4.90 Å². The molecule has 0 unspecified atom stereocenters. The van der Waals surface area contributed by atoms with Crippen molar-refractivity contribution in [1.29, 1.82) is 0 Å². The summed E-state index contributed by atoms with van der Waals surface area (Å²) in [6.07, 6.45) is 2.17. The summed E-state index contributed by atoms with van der Waals surface area (Å²) in [6, 6.07) is 0.287. The summed E-state index contributed by atoms with van der Waals surface area (Å²) in [6.45, 7) is 0. The molecule has 0 spiro atoms. The van der Waals surface area contributed by atoms with E-state index in [0.29, 0.717) is 0 Å². The van der Waals surface area contributed by atoms with Gasteiger partial charge in [0.2, 0.25) is 0 Å². The Morgan fingerprint density at radius 3 is 2.40 bits per heavy atom. The highest BCUT2D eigenvalue weighted by molar-refractivity contribution is 6.18. The Bertz CT molecular complexity index is 136. The number of halogens is 1. The van der Waals surface area contributed by atoms with Crippen LogP contribution in [0.3, 0.4) is 0 Å². The third-order valence-electron chi connectivity index (χ3n) is 1.89. The minimum absolute atomic E-state index is 0.0972. The van der Waals surface area contributed by atoms with Gasteiger partial charge in [0.25, 0.3) is 0 Å². The molecule has 4 heteroatoms. The van der Waals surface area contributed by atoms with Crippen LogP contribution in [0.2, 0.25) is 0 Å². The van der Waals surface area contributed by atoms with E-state index < -0.39 is 6.09 Å². The van der Waals surface area contributed by atoms with Crippen molar-refractivity contribution in [3.63, 3.8) is 0 Å². The van der Waals surface area contributed by atoms with Gasteiger partial charge in [-0.25, -0.2) is 4.79 Å². The second kappa shape index (κ2) is 3.10. The standard InChI is InChI=1S/C6H10ClNO2/c7-4-8(6(9)10)5-2-1-3-5/h5H,1-4H2,(H,9,10). The van der Waals surface area contributed by atoms with Crippen molar-refractivity contribution in [1.82, 2.24) is 4.90 Å². The zero-order valence-corrected chi connectivity index (χ0v) is 6.34. The monoisotopic (exact) mass is 163 g/mol. The van der Waals surface area contributed by atoms with Gasteiger partial charge in [-0.15, -0.1) is 11.6 Å². The molecule has 3 nitrogen and oxygen atoms in total. The zero-order valence-electron chi connectivity index (χ0n) is 5.59. The van der Waals surface area contributed by atoms with Crippen molar-refractivity contribution in [2.24, 2.45) is 0 Å². The van der Waals surface area contributed by atoms with Crippen LogP contribution in [0.15, 0.2) is 0 Å². The maximum absolute atomic E-state index is 10.4. The van der Waals surface area contributed by atoms with Gasteiger partial charge in [-0.05, 0) is 19.3 Å². The maximum atomic E-state index is 10.4. The van der Waals surface area contributed by atoms with Crippen LogP contribution in [-0.4, -0.2) is 28.1 Å². The Labute approximate surface area is 64.6 Å². The molecular formula is C6H10ClNO2. The minimum atomic E-state index is -0.903. The molecule has 10 heavy (non-hydrogen) atoms. The van der Waals surface area contributed by atoms with Crippen LogP contribution in [0, 0.1) is 0 Å². The first-order valence-electron chi connectivity index (χ1n) is 3.31. The Hall–Kier alpha value is -0.440. The third kappa shape index (κ3) is 1.34. The Kier molecular flexibility index (Phi) is 2.38. The number of hydrogen-bond donors (Lipinski definition) is 1. The topological polar surface area (TPSA) is 40.5 Å². The Morgan fingerprint density at radius 1 is 1.70 bits per heavy atom. The number of alkyl halides is 1. The first kappa shape index (κ1) is 7.66. The molecule has 0 aliphatic heterocycles. The normalized spacial score (nSPS) is 18.1. The lowest BCUT2D eigenvalue weighted by Gasteiger charge is -2.33. The van der Waals surface area contributed by atoms with Gasteiger partial charge in [0, 0.05) is 6.04 Å². The fourth-order valence-corrected chi connectivity index (χ4v) is 1.30. The van der Waals surface area contributed by atoms with Crippen molar-refractivity contribution in [2.45, 2.75) is 25.3 Å². The van der Waals surface area contributed by atoms with Gasteiger partial charge >= 0.3 is 6.09 Å². The molecule has 1 N–H and O–H groups in total. The summed E-state index contributed by atoms with van der Waals surface area (Å²) < 4.78 is 0. The molecule has 1 rings (SSSR count). The van der Waals surface area contributed by atoms with E-state index in [1.807, 2.05) is 0 Å². The van der Waals surface area contributed by atoms with Gasteiger partial charge in [-0.3, -0.25) is 4.90 Å². The van der Waals surface area contributed by atoms with E-state index in [9.17, 15) is 4.79 Å². The molecule has 0 radical (unpaired) electrons. The molecular weight excluding hydrogens is 154 g/mol.